The van der Waals surface area contributed by atoms with Gasteiger partial charge in [-0.25, -0.2) is 4.79 Å². The SMILES string of the molecule is CCOC(=O)[C@](C)(CC)NC(=O)CCl. The molecule has 1 N–H and O–H groups in total. The fourth-order valence-corrected chi connectivity index (χ4v) is 0.982. The van der Waals surface area contributed by atoms with Crippen molar-refractivity contribution >= 4 is 23.5 Å². The number of rotatable bonds is 5. The van der Waals surface area contributed by atoms with Crippen molar-refractivity contribution in [3.63, 3.8) is 0 Å². The van der Waals surface area contributed by atoms with E-state index >= 15 is 0 Å². The van der Waals surface area contributed by atoms with Gasteiger partial charge in [-0.3, -0.25) is 4.79 Å². The number of alkyl halides is 1. The molecule has 0 saturated heterocycles. The number of amides is 1. The van der Waals surface area contributed by atoms with E-state index in [1.807, 2.05) is 0 Å². The van der Waals surface area contributed by atoms with Crippen LogP contribution in [0.25, 0.3) is 0 Å². The summed E-state index contributed by atoms with van der Waals surface area (Å²) >= 11 is 5.33. The predicted molar refractivity (Wildman–Crippen MR) is 54.2 cm³/mol. The largest absolute Gasteiger partial charge is 0.464 e. The highest BCUT2D eigenvalue weighted by Gasteiger charge is 2.34. The smallest absolute Gasteiger partial charge is 0.331 e. The average Bonchev–Trinajstić information content (AvgIpc) is 2.17. The second-order valence-corrected chi connectivity index (χ2v) is 3.36. The topological polar surface area (TPSA) is 55.4 Å². The molecule has 14 heavy (non-hydrogen) atoms. The number of esters is 1. The van der Waals surface area contributed by atoms with Crippen LogP contribution in [0.4, 0.5) is 0 Å². The van der Waals surface area contributed by atoms with Gasteiger partial charge in [-0.2, -0.15) is 0 Å². The molecule has 0 aromatic heterocycles. The molecule has 4 nitrogen and oxygen atoms in total. The number of carbonyl (C=O) groups is 2. The van der Waals surface area contributed by atoms with Gasteiger partial charge in [0.25, 0.3) is 0 Å². The molecule has 0 heterocycles. The van der Waals surface area contributed by atoms with Gasteiger partial charge in [0.2, 0.25) is 5.91 Å². The van der Waals surface area contributed by atoms with Gasteiger partial charge >= 0.3 is 5.97 Å². The Morgan fingerprint density at radius 2 is 2.00 bits per heavy atom. The zero-order chi connectivity index (χ0) is 11.2. The molecule has 0 bridgehead atoms. The summed E-state index contributed by atoms with van der Waals surface area (Å²) < 4.78 is 4.85. The van der Waals surface area contributed by atoms with Crippen LogP contribution in [-0.2, 0) is 14.3 Å². The van der Waals surface area contributed by atoms with Gasteiger partial charge in [-0.05, 0) is 20.3 Å². The van der Waals surface area contributed by atoms with Crippen LogP contribution in [-0.4, -0.2) is 29.9 Å². The molecule has 0 aromatic rings. The molecule has 0 radical (unpaired) electrons. The van der Waals surface area contributed by atoms with Crippen molar-refractivity contribution in [2.24, 2.45) is 0 Å². The van der Waals surface area contributed by atoms with E-state index in [9.17, 15) is 9.59 Å². The van der Waals surface area contributed by atoms with Gasteiger partial charge in [0, 0.05) is 0 Å². The maximum Gasteiger partial charge on any atom is 0.331 e. The summed E-state index contributed by atoms with van der Waals surface area (Å²) in [7, 11) is 0. The first kappa shape index (κ1) is 13.2. The number of halogens is 1. The lowest BCUT2D eigenvalue weighted by Gasteiger charge is -2.26. The van der Waals surface area contributed by atoms with Gasteiger partial charge in [0.05, 0.1) is 6.61 Å². The van der Waals surface area contributed by atoms with Crippen LogP contribution in [0.15, 0.2) is 0 Å². The monoisotopic (exact) mass is 221 g/mol. The number of hydrogen-bond donors (Lipinski definition) is 1. The molecular weight excluding hydrogens is 206 g/mol. The lowest BCUT2D eigenvalue weighted by molar-refractivity contribution is -0.152. The Morgan fingerprint density at radius 3 is 2.36 bits per heavy atom. The molecule has 0 aliphatic heterocycles. The highest BCUT2D eigenvalue weighted by molar-refractivity contribution is 6.27. The van der Waals surface area contributed by atoms with Crippen molar-refractivity contribution in [3.8, 4) is 0 Å². The molecule has 0 unspecified atom stereocenters. The number of nitrogens with one attached hydrogen (secondary N) is 1. The Morgan fingerprint density at radius 1 is 1.43 bits per heavy atom. The zero-order valence-electron chi connectivity index (χ0n) is 8.72. The average molecular weight is 222 g/mol. The van der Waals surface area contributed by atoms with E-state index in [0.717, 1.165) is 0 Å². The third-order valence-corrected chi connectivity index (χ3v) is 2.21. The zero-order valence-corrected chi connectivity index (χ0v) is 9.48. The van der Waals surface area contributed by atoms with E-state index in [0.29, 0.717) is 13.0 Å². The van der Waals surface area contributed by atoms with Crippen molar-refractivity contribution in [3.05, 3.63) is 0 Å². The standard InChI is InChI=1S/C9H16ClNO3/c1-4-9(3,8(13)14-5-2)11-7(12)6-10/h4-6H2,1-3H3,(H,11,12)/t9-/m0/s1. The van der Waals surface area contributed by atoms with Crippen molar-refractivity contribution in [1.29, 1.82) is 0 Å². The summed E-state index contributed by atoms with van der Waals surface area (Å²) in [5.41, 5.74) is -0.970. The Balaban J connectivity index is 4.45. The fraction of sp³-hybridized carbons (Fsp3) is 0.778. The minimum atomic E-state index is -0.970. The van der Waals surface area contributed by atoms with Crippen molar-refractivity contribution in [2.75, 3.05) is 12.5 Å². The van der Waals surface area contributed by atoms with Crippen molar-refractivity contribution in [2.45, 2.75) is 32.7 Å². The third kappa shape index (κ3) is 3.54. The van der Waals surface area contributed by atoms with Crippen LogP contribution in [0, 0.1) is 0 Å². The summed E-state index contributed by atoms with van der Waals surface area (Å²) in [4.78, 5) is 22.5. The number of hydrogen-bond acceptors (Lipinski definition) is 3. The first-order valence-corrected chi connectivity index (χ1v) is 5.07. The lowest BCUT2D eigenvalue weighted by Crippen LogP contribution is -2.53. The van der Waals surface area contributed by atoms with E-state index in [1.54, 1.807) is 20.8 Å². The van der Waals surface area contributed by atoms with Crippen LogP contribution in [0.3, 0.4) is 0 Å². The molecule has 1 amide bonds. The minimum Gasteiger partial charge on any atom is -0.464 e. The maximum absolute atomic E-state index is 11.5. The van der Waals surface area contributed by atoms with Gasteiger partial charge in [-0.1, -0.05) is 6.92 Å². The number of ether oxygens (including phenoxy) is 1. The molecule has 82 valence electrons. The normalized spacial score (nSPS) is 14.3. The van der Waals surface area contributed by atoms with E-state index in [4.69, 9.17) is 16.3 Å². The molecule has 0 spiro atoms. The highest BCUT2D eigenvalue weighted by atomic mass is 35.5. The van der Waals surface area contributed by atoms with E-state index in [1.165, 1.54) is 0 Å². The Bertz CT molecular complexity index is 220. The van der Waals surface area contributed by atoms with Crippen LogP contribution >= 0.6 is 11.6 Å². The Hall–Kier alpha value is -0.770. The van der Waals surface area contributed by atoms with E-state index < -0.39 is 11.5 Å². The van der Waals surface area contributed by atoms with Crippen LogP contribution in [0.5, 0.6) is 0 Å². The minimum absolute atomic E-state index is 0.158. The van der Waals surface area contributed by atoms with Gasteiger partial charge in [-0.15, -0.1) is 11.6 Å². The molecule has 0 aliphatic carbocycles. The van der Waals surface area contributed by atoms with E-state index in [-0.39, 0.29) is 11.8 Å². The van der Waals surface area contributed by atoms with Gasteiger partial charge in [0.15, 0.2) is 0 Å². The molecule has 0 aliphatic rings. The summed E-state index contributed by atoms with van der Waals surface area (Å²) in [5, 5.41) is 2.53. The summed E-state index contributed by atoms with van der Waals surface area (Å²) in [6.45, 7) is 5.43. The first-order chi connectivity index (χ1) is 6.50. The quantitative estimate of drug-likeness (QED) is 0.558. The van der Waals surface area contributed by atoms with E-state index in [2.05, 4.69) is 5.32 Å². The number of carbonyl (C=O) groups excluding carboxylic acids is 2. The first-order valence-electron chi connectivity index (χ1n) is 4.54. The molecule has 0 rings (SSSR count). The molecule has 5 heteroatoms. The second-order valence-electron chi connectivity index (χ2n) is 3.09. The predicted octanol–water partition coefficient (Wildman–Crippen LogP) is 1.07. The summed E-state index contributed by atoms with van der Waals surface area (Å²) in [6, 6.07) is 0. The molecule has 0 aromatic carbocycles. The summed E-state index contributed by atoms with van der Waals surface area (Å²) in [5.74, 6) is -0.959. The molecule has 1 atom stereocenters. The Kier molecular flexibility index (Phi) is 5.53. The fourth-order valence-electron chi connectivity index (χ4n) is 0.915. The van der Waals surface area contributed by atoms with Gasteiger partial charge in [0.1, 0.15) is 11.4 Å². The molecule has 0 fully saturated rings. The van der Waals surface area contributed by atoms with Gasteiger partial charge < -0.3 is 10.1 Å². The third-order valence-electron chi connectivity index (χ3n) is 1.97. The highest BCUT2D eigenvalue weighted by Crippen LogP contribution is 2.11. The van der Waals surface area contributed by atoms with Crippen LogP contribution < -0.4 is 5.32 Å². The summed E-state index contributed by atoms with van der Waals surface area (Å²) in [6.07, 6.45) is 0.467. The van der Waals surface area contributed by atoms with Crippen molar-refractivity contribution < 1.29 is 14.3 Å². The lowest BCUT2D eigenvalue weighted by atomic mass is 9.99. The van der Waals surface area contributed by atoms with Crippen LogP contribution in [0.2, 0.25) is 0 Å². The molecule has 0 saturated carbocycles. The van der Waals surface area contributed by atoms with Crippen LogP contribution in [0.1, 0.15) is 27.2 Å². The second kappa shape index (κ2) is 5.86. The van der Waals surface area contributed by atoms with Crippen molar-refractivity contribution in [1.82, 2.24) is 5.32 Å². The molecular formula is C9H16ClNO3. The Labute approximate surface area is 88.9 Å². The maximum atomic E-state index is 11.5.